The summed E-state index contributed by atoms with van der Waals surface area (Å²) in [6.07, 6.45) is 10.4. The van der Waals surface area contributed by atoms with Crippen molar-refractivity contribution in [3.8, 4) is 0 Å². The third-order valence-corrected chi connectivity index (χ3v) is 6.31. The fourth-order valence-electron chi connectivity index (χ4n) is 4.53. The summed E-state index contributed by atoms with van der Waals surface area (Å²) in [4.78, 5) is 31.3. The molecule has 6 heteroatoms. The number of nitrogens with one attached hydrogen (secondary N) is 1. The number of rotatable bonds is 3. The summed E-state index contributed by atoms with van der Waals surface area (Å²) in [7, 11) is 0. The number of carbonyl (C=O) groups excluding carboxylic acids is 2. The number of ketones is 1. The molecule has 2 aliphatic heterocycles. The largest absolute Gasteiger partial charge is 0.362 e. The van der Waals surface area contributed by atoms with Crippen LogP contribution in [0.5, 0.6) is 0 Å². The molecule has 3 heterocycles. The maximum atomic E-state index is 12.8. The number of nitrogens with zero attached hydrogens (tertiary/aromatic N) is 3. The lowest BCUT2D eigenvalue weighted by Crippen LogP contribution is -2.41. The Morgan fingerprint density at radius 2 is 2.14 bits per heavy atom. The van der Waals surface area contributed by atoms with Gasteiger partial charge in [-0.1, -0.05) is 24.6 Å². The van der Waals surface area contributed by atoms with E-state index in [1.165, 1.54) is 19.3 Å². The summed E-state index contributed by atoms with van der Waals surface area (Å²) in [6, 6.07) is 5.68. The molecule has 5 rings (SSSR count). The molecule has 0 spiro atoms. The summed E-state index contributed by atoms with van der Waals surface area (Å²) in [5, 5.41) is 3.29. The number of amides is 1. The fraction of sp³-hybridized carbons (Fsp3) is 0.409. The van der Waals surface area contributed by atoms with Gasteiger partial charge in [-0.2, -0.15) is 0 Å². The second kappa shape index (κ2) is 6.62. The van der Waals surface area contributed by atoms with Crippen LogP contribution in [0.3, 0.4) is 0 Å². The minimum atomic E-state index is -0.171. The van der Waals surface area contributed by atoms with Crippen LogP contribution in [0.2, 0.25) is 0 Å². The molecule has 1 aromatic heterocycles. The highest BCUT2D eigenvalue weighted by Gasteiger charge is 2.33. The van der Waals surface area contributed by atoms with E-state index in [0.717, 1.165) is 28.2 Å². The van der Waals surface area contributed by atoms with E-state index in [0.29, 0.717) is 18.9 Å². The van der Waals surface area contributed by atoms with Crippen molar-refractivity contribution >= 4 is 17.5 Å². The van der Waals surface area contributed by atoms with Gasteiger partial charge >= 0.3 is 0 Å². The van der Waals surface area contributed by atoms with Crippen LogP contribution in [0.4, 0.5) is 0 Å². The molecule has 28 heavy (non-hydrogen) atoms. The average Bonchev–Trinajstić information content (AvgIpc) is 3.04. The van der Waals surface area contributed by atoms with Crippen LogP contribution in [0.1, 0.15) is 65.3 Å². The van der Waals surface area contributed by atoms with Gasteiger partial charge in [0.25, 0.3) is 0 Å². The lowest BCUT2D eigenvalue weighted by Gasteiger charge is -2.35. The fourth-order valence-corrected chi connectivity index (χ4v) is 4.53. The molecule has 1 aromatic carbocycles. The molecular weight excluding hydrogens is 352 g/mol. The number of hydrogen-bond donors (Lipinski definition) is 1. The van der Waals surface area contributed by atoms with E-state index in [1.807, 2.05) is 34.0 Å². The number of carbonyl (C=O) groups is 2. The first kappa shape index (κ1) is 17.2. The van der Waals surface area contributed by atoms with Crippen LogP contribution in [0, 0.1) is 0 Å². The van der Waals surface area contributed by atoms with Crippen LogP contribution in [0.25, 0.3) is 5.82 Å². The summed E-state index contributed by atoms with van der Waals surface area (Å²) in [5.74, 6) is 1.60. The third kappa shape index (κ3) is 2.75. The lowest BCUT2D eigenvalue weighted by molar-refractivity contribution is -0.131. The van der Waals surface area contributed by atoms with Crippen molar-refractivity contribution < 1.29 is 9.59 Å². The Bertz CT molecular complexity index is 986. The van der Waals surface area contributed by atoms with Crippen molar-refractivity contribution in [2.75, 3.05) is 13.1 Å². The molecular formula is C22H24N4O2. The minimum absolute atomic E-state index is 0.0762. The van der Waals surface area contributed by atoms with Gasteiger partial charge in [0.15, 0.2) is 5.78 Å². The topological polar surface area (TPSA) is 67.2 Å². The summed E-state index contributed by atoms with van der Waals surface area (Å²) < 4.78 is 1.99. The SMILES string of the molecule is CC(=O)c1cccc2c1CCN1C(=O)CNC(n3cnc(C4CCC4)c3)=CC21. The van der Waals surface area contributed by atoms with E-state index >= 15 is 0 Å². The van der Waals surface area contributed by atoms with Gasteiger partial charge in [0.2, 0.25) is 5.91 Å². The van der Waals surface area contributed by atoms with E-state index < -0.39 is 0 Å². The monoisotopic (exact) mass is 376 g/mol. The van der Waals surface area contributed by atoms with Crippen molar-refractivity contribution in [2.24, 2.45) is 0 Å². The maximum absolute atomic E-state index is 12.8. The number of imidazole rings is 1. The predicted octanol–water partition coefficient (Wildman–Crippen LogP) is 2.88. The Kier molecular flexibility index (Phi) is 4.07. The van der Waals surface area contributed by atoms with Gasteiger partial charge in [0.1, 0.15) is 12.1 Å². The van der Waals surface area contributed by atoms with E-state index in [-0.39, 0.29) is 24.3 Å². The zero-order valence-electron chi connectivity index (χ0n) is 16.0. The average molecular weight is 376 g/mol. The van der Waals surface area contributed by atoms with Crippen molar-refractivity contribution in [3.05, 3.63) is 59.2 Å². The Labute approximate surface area is 164 Å². The first-order valence-electron chi connectivity index (χ1n) is 10.0. The molecule has 0 radical (unpaired) electrons. The summed E-state index contributed by atoms with van der Waals surface area (Å²) >= 11 is 0. The second-order valence-electron chi connectivity index (χ2n) is 7.95. The molecule has 144 valence electrons. The molecule has 0 bridgehead atoms. The smallest absolute Gasteiger partial charge is 0.242 e. The molecule has 1 fully saturated rings. The highest BCUT2D eigenvalue weighted by Crippen LogP contribution is 2.37. The molecule has 1 saturated carbocycles. The number of fused-ring (bicyclic) bond motifs is 3. The van der Waals surface area contributed by atoms with Crippen LogP contribution in [-0.2, 0) is 11.2 Å². The lowest BCUT2D eigenvalue weighted by atomic mass is 9.83. The van der Waals surface area contributed by atoms with Gasteiger partial charge in [-0.3, -0.25) is 14.2 Å². The van der Waals surface area contributed by atoms with Gasteiger partial charge in [0.05, 0.1) is 18.3 Å². The molecule has 3 aliphatic rings. The summed E-state index contributed by atoms with van der Waals surface area (Å²) in [5.41, 5.74) is 4.02. The van der Waals surface area contributed by atoms with Crippen molar-refractivity contribution in [1.29, 1.82) is 0 Å². The van der Waals surface area contributed by atoms with Crippen LogP contribution in [0.15, 0.2) is 36.8 Å². The van der Waals surface area contributed by atoms with Crippen molar-refractivity contribution in [2.45, 2.75) is 44.6 Å². The zero-order chi connectivity index (χ0) is 19.3. The highest BCUT2D eigenvalue weighted by atomic mass is 16.2. The van der Waals surface area contributed by atoms with Crippen molar-refractivity contribution in [1.82, 2.24) is 19.8 Å². The van der Waals surface area contributed by atoms with Crippen LogP contribution >= 0.6 is 0 Å². The first-order chi connectivity index (χ1) is 13.6. The third-order valence-electron chi connectivity index (χ3n) is 6.31. The second-order valence-corrected chi connectivity index (χ2v) is 7.95. The van der Waals surface area contributed by atoms with E-state index in [2.05, 4.69) is 22.6 Å². The highest BCUT2D eigenvalue weighted by molar-refractivity contribution is 5.96. The van der Waals surface area contributed by atoms with Gasteiger partial charge < -0.3 is 10.2 Å². The molecule has 6 nitrogen and oxygen atoms in total. The number of aromatic nitrogens is 2. The maximum Gasteiger partial charge on any atom is 0.242 e. The standard InChI is InChI=1S/C22H24N4O2/c1-14(27)16-6-3-7-18-17(16)8-9-26-20(18)10-21(23-11-22(26)28)25-12-19(24-13-25)15-4-2-5-15/h3,6-7,10,12-13,15,20,23H,2,4-5,8-9,11H2,1H3. The molecule has 2 aromatic rings. The normalized spacial score (nSPS) is 21.8. The molecule has 1 unspecified atom stereocenters. The first-order valence-corrected chi connectivity index (χ1v) is 10.0. The van der Waals surface area contributed by atoms with Crippen LogP contribution in [-0.4, -0.2) is 39.2 Å². The van der Waals surface area contributed by atoms with E-state index in [1.54, 1.807) is 6.92 Å². The van der Waals surface area contributed by atoms with Crippen LogP contribution < -0.4 is 5.32 Å². The van der Waals surface area contributed by atoms with Crippen molar-refractivity contribution in [3.63, 3.8) is 0 Å². The van der Waals surface area contributed by atoms with Gasteiger partial charge in [-0.05, 0) is 43.4 Å². The van der Waals surface area contributed by atoms with Gasteiger partial charge in [-0.15, -0.1) is 0 Å². The summed E-state index contributed by atoms with van der Waals surface area (Å²) in [6.45, 7) is 2.50. The molecule has 1 aliphatic carbocycles. The molecule has 1 amide bonds. The number of hydrogen-bond acceptors (Lipinski definition) is 4. The Morgan fingerprint density at radius 3 is 2.89 bits per heavy atom. The Hall–Kier alpha value is -2.89. The molecule has 1 atom stereocenters. The van der Waals surface area contributed by atoms with Gasteiger partial charge in [0, 0.05) is 24.2 Å². The minimum Gasteiger partial charge on any atom is -0.362 e. The molecule has 0 saturated heterocycles. The Balaban J connectivity index is 1.56. The number of Topliss-reactive ketones (excluding diaryl/α,β-unsaturated/α-hetero) is 1. The molecule has 1 N–H and O–H groups in total. The number of benzene rings is 1. The Morgan fingerprint density at radius 1 is 1.29 bits per heavy atom. The van der Waals surface area contributed by atoms with E-state index in [9.17, 15) is 9.59 Å². The predicted molar refractivity (Wildman–Crippen MR) is 106 cm³/mol. The van der Waals surface area contributed by atoms with E-state index in [4.69, 9.17) is 0 Å². The zero-order valence-corrected chi connectivity index (χ0v) is 16.0. The quantitative estimate of drug-likeness (QED) is 0.837. The van der Waals surface area contributed by atoms with Gasteiger partial charge in [-0.25, -0.2) is 4.98 Å².